The number of carbonyl (C=O) groups is 3. The maximum absolute atomic E-state index is 16.1. The monoisotopic (exact) mass is 716 g/mol. The number of amides is 1. The number of aromatic nitrogens is 2. The minimum atomic E-state index is -4.44. The minimum absolute atomic E-state index is 0.0964. The molecular weight excluding hydrogens is 674 g/mol. The predicted octanol–water partition coefficient (Wildman–Crippen LogP) is 2.01. The van der Waals surface area contributed by atoms with Gasteiger partial charge in [0.2, 0.25) is 0 Å². The molecule has 1 aliphatic rings. The van der Waals surface area contributed by atoms with Crippen LogP contribution in [0.1, 0.15) is 47.8 Å². The fourth-order valence-electron chi connectivity index (χ4n) is 4.59. The molecule has 1 aromatic carbocycles. The van der Waals surface area contributed by atoms with Crippen molar-refractivity contribution >= 4 is 25.8 Å². The Morgan fingerprint density at radius 3 is 2.33 bits per heavy atom. The average Bonchev–Trinajstić information content (AvgIpc) is 3.25. The van der Waals surface area contributed by atoms with Crippen LogP contribution in [-0.4, -0.2) is 82.1 Å². The third-order valence-electron chi connectivity index (χ3n) is 7.22. The van der Waals surface area contributed by atoms with Gasteiger partial charge >= 0.3 is 31.5 Å². The van der Waals surface area contributed by atoms with Crippen LogP contribution in [0, 0.1) is 5.92 Å². The summed E-state index contributed by atoms with van der Waals surface area (Å²) in [6, 6.07) is 6.34. The summed E-state index contributed by atoms with van der Waals surface area (Å²) in [7, 11) is -3.34. The van der Waals surface area contributed by atoms with E-state index in [1.165, 1.54) is 19.1 Å². The number of halogens is 1. The Kier molecular flexibility index (Phi) is 13.3. The number of carbonyl (C=O) groups excluding carboxylic acids is 3. The number of ether oxygens (including phenoxy) is 4. The van der Waals surface area contributed by atoms with Crippen LogP contribution >= 0.6 is 7.75 Å². The number of esters is 2. The van der Waals surface area contributed by atoms with Gasteiger partial charge in [0, 0.05) is 12.3 Å². The summed E-state index contributed by atoms with van der Waals surface area (Å²) < 4.78 is 62.6. The molecule has 0 saturated carbocycles. The molecule has 0 radical (unpaired) electrons. The maximum Gasteiger partial charge on any atom is 0.459 e. The lowest BCUT2D eigenvalue weighted by Gasteiger charge is -2.26. The van der Waals surface area contributed by atoms with E-state index in [0.717, 1.165) is 26.3 Å². The number of rotatable bonds is 15. The first-order valence-electron chi connectivity index (χ1n) is 15.2. The topological polar surface area (TPSA) is 212 Å². The van der Waals surface area contributed by atoms with E-state index in [0.29, 0.717) is 9.13 Å². The maximum atomic E-state index is 16.1. The number of hydrogen-bond acceptors (Lipinski definition) is 13. The lowest BCUT2D eigenvalue weighted by molar-refractivity contribution is -0.151. The van der Waals surface area contributed by atoms with E-state index in [2.05, 4.69) is 15.1 Å². The van der Waals surface area contributed by atoms with Crippen molar-refractivity contribution in [1.82, 2.24) is 19.5 Å². The van der Waals surface area contributed by atoms with Crippen molar-refractivity contribution in [2.45, 2.75) is 90.6 Å². The van der Waals surface area contributed by atoms with Crippen molar-refractivity contribution in [1.29, 1.82) is 0 Å². The van der Waals surface area contributed by atoms with Crippen LogP contribution in [0.4, 0.5) is 9.18 Å². The molecule has 19 heteroatoms. The third-order valence-corrected chi connectivity index (χ3v) is 8.86. The zero-order chi connectivity index (χ0) is 36.7. The highest BCUT2D eigenvalue weighted by atomic mass is 31.2. The summed E-state index contributed by atoms with van der Waals surface area (Å²) in [5, 5.41) is 15.7. The van der Waals surface area contributed by atoms with E-state index in [9.17, 15) is 33.6 Å². The van der Waals surface area contributed by atoms with Gasteiger partial charge in [-0.2, -0.15) is 5.09 Å². The molecule has 17 nitrogen and oxygen atoms in total. The van der Waals surface area contributed by atoms with Crippen LogP contribution in [0.5, 0.6) is 5.75 Å². The molecule has 3 N–H and O–H groups in total. The van der Waals surface area contributed by atoms with Crippen molar-refractivity contribution in [3.8, 4) is 5.75 Å². The number of para-hydroxylation sites is 1. The molecule has 7 atom stereocenters. The number of aliphatic hydroxyl groups excluding tert-OH is 1. The Balaban J connectivity index is 1.82. The first-order valence-corrected chi connectivity index (χ1v) is 16.8. The SMILES string of the molecule is COC(=O)NC(C(=O)OCn1c(=O)ccn(C2O[C@H](COP(=O)(NC(C)C(=O)OC(C)C)Oc3ccccc3)[C@@H](O)[C@@]2(C)F)c1=O)C(C)C. The van der Waals surface area contributed by atoms with Gasteiger partial charge < -0.3 is 33.9 Å². The third kappa shape index (κ3) is 9.98. The van der Waals surface area contributed by atoms with Crippen molar-refractivity contribution in [3.05, 3.63) is 63.4 Å². The molecule has 1 saturated heterocycles. The van der Waals surface area contributed by atoms with E-state index in [1.807, 2.05) is 0 Å². The molecule has 0 bridgehead atoms. The fourth-order valence-corrected chi connectivity index (χ4v) is 6.09. The van der Waals surface area contributed by atoms with Gasteiger partial charge in [-0.3, -0.25) is 18.7 Å². The number of nitrogens with zero attached hydrogens (tertiary/aromatic N) is 2. The molecule has 3 rings (SSSR count). The first kappa shape index (κ1) is 39.3. The van der Waals surface area contributed by atoms with E-state index >= 15 is 4.39 Å². The number of alkyl halides is 1. The lowest BCUT2D eigenvalue weighted by atomic mass is 9.98. The molecular formula is C30H42FN4O13P. The highest BCUT2D eigenvalue weighted by molar-refractivity contribution is 7.52. The summed E-state index contributed by atoms with van der Waals surface area (Å²) >= 11 is 0. The van der Waals surface area contributed by atoms with Gasteiger partial charge in [-0.25, -0.2) is 27.9 Å². The van der Waals surface area contributed by atoms with Crippen molar-refractivity contribution < 1.29 is 56.4 Å². The zero-order valence-corrected chi connectivity index (χ0v) is 29.0. The van der Waals surface area contributed by atoms with Crippen LogP contribution < -0.4 is 26.2 Å². The van der Waals surface area contributed by atoms with Gasteiger partial charge in [0.25, 0.3) is 5.56 Å². The molecule has 272 valence electrons. The summed E-state index contributed by atoms with van der Waals surface area (Å²) in [6.45, 7) is 7.12. The molecule has 2 heterocycles. The number of nitrogens with one attached hydrogen (secondary N) is 2. The number of aliphatic hydroxyl groups is 1. The first-order chi connectivity index (χ1) is 22.9. The molecule has 0 aliphatic carbocycles. The molecule has 4 unspecified atom stereocenters. The molecule has 49 heavy (non-hydrogen) atoms. The second-order valence-electron chi connectivity index (χ2n) is 11.9. The zero-order valence-electron chi connectivity index (χ0n) is 28.1. The highest BCUT2D eigenvalue weighted by Crippen LogP contribution is 2.47. The van der Waals surface area contributed by atoms with E-state index in [-0.39, 0.29) is 5.75 Å². The summed E-state index contributed by atoms with van der Waals surface area (Å²) in [5.74, 6) is -2.11. The Morgan fingerprint density at radius 1 is 1.08 bits per heavy atom. The second-order valence-corrected chi connectivity index (χ2v) is 13.6. The highest BCUT2D eigenvalue weighted by Gasteiger charge is 2.56. The molecule has 1 amide bonds. The average molecular weight is 717 g/mol. The molecule has 1 aromatic heterocycles. The van der Waals surface area contributed by atoms with Gasteiger partial charge in [0.1, 0.15) is 30.0 Å². The molecule has 0 spiro atoms. The van der Waals surface area contributed by atoms with Gasteiger partial charge in [0.05, 0.1) is 19.8 Å². The minimum Gasteiger partial charge on any atom is -0.462 e. The standard InChI is InChI=1S/C30H42FN4O13P/c1-17(2)23(32-28(40)43-7)26(39)44-16-35-22(36)13-14-34(29(35)41)27-30(6,31)24(37)21(47-27)15-45-49(42,48-20-11-9-8-10-12-20)33-19(5)25(38)46-18(3)4/h8-14,17-19,21,23-24,27,37H,15-16H2,1-7H3,(H,32,40)(H,33,42)/t19?,21-,23?,24-,27?,30-,49?/m1/s1. The number of benzene rings is 1. The normalized spacial score (nSPS) is 23.0. The summed E-state index contributed by atoms with van der Waals surface area (Å²) in [6.07, 6.45) is -5.81. The van der Waals surface area contributed by atoms with E-state index in [1.54, 1.807) is 45.9 Å². The predicted molar refractivity (Wildman–Crippen MR) is 169 cm³/mol. The van der Waals surface area contributed by atoms with Gasteiger partial charge in [-0.05, 0) is 45.7 Å². The van der Waals surface area contributed by atoms with Crippen molar-refractivity contribution in [2.75, 3.05) is 13.7 Å². The summed E-state index contributed by atoms with van der Waals surface area (Å²) in [5.41, 5.74) is -4.76. The Labute approximate surface area is 281 Å². The number of hydrogen-bond donors (Lipinski definition) is 3. The second kappa shape index (κ2) is 16.5. The molecule has 1 fully saturated rings. The van der Waals surface area contributed by atoms with Crippen LogP contribution in [-0.2, 0) is 44.4 Å². The van der Waals surface area contributed by atoms with E-state index in [4.69, 9.17) is 23.3 Å². The fraction of sp³-hybridized carbons (Fsp3) is 0.567. The number of alkyl carbamates (subject to hydrolysis) is 1. The van der Waals surface area contributed by atoms with Gasteiger partial charge in [-0.1, -0.05) is 32.0 Å². The van der Waals surface area contributed by atoms with Crippen LogP contribution in [0.25, 0.3) is 0 Å². The van der Waals surface area contributed by atoms with Crippen LogP contribution in [0.3, 0.4) is 0 Å². The Morgan fingerprint density at radius 2 is 1.73 bits per heavy atom. The largest absolute Gasteiger partial charge is 0.462 e. The molecule has 1 aliphatic heterocycles. The van der Waals surface area contributed by atoms with Gasteiger partial charge in [0.15, 0.2) is 18.6 Å². The van der Waals surface area contributed by atoms with Crippen molar-refractivity contribution in [2.24, 2.45) is 5.92 Å². The smallest absolute Gasteiger partial charge is 0.459 e. The van der Waals surface area contributed by atoms with Crippen LogP contribution in [0.15, 0.2) is 52.2 Å². The lowest BCUT2D eigenvalue weighted by Crippen LogP contribution is -2.48. The van der Waals surface area contributed by atoms with Crippen molar-refractivity contribution in [3.63, 3.8) is 0 Å². The van der Waals surface area contributed by atoms with Crippen LogP contribution in [0.2, 0.25) is 0 Å². The van der Waals surface area contributed by atoms with E-state index < -0.39 is 98.6 Å². The Bertz CT molecular complexity index is 1630. The summed E-state index contributed by atoms with van der Waals surface area (Å²) in [4.78, 5) is 62.7. The Hall–Kier alpha value is -4.09. The van der Waals surface area contributed by atoms with Gasteiger partial charge in [-0.15, -0.1) is 0 Å². The quantitative estimate of drug-likeness (QED) is 0.137. The number of methoxy groups -OCH3 is 1. The molecule has 2 aromatic rings.